The Hall–Kier alpha value is -1.07. The van der Waals surface area contributed by atoms with E-state index in [9.17, 15) is 0 Å². The van der Waals surface area contributed by atoms with Gasteiger partial charge in [0.15, 0.2) is 0 Å². The predicted molar refractivity (Wildman–Crippen MR) is 74.3 cm³/mol. The van der Waals surface area contributed by atoms with E-state index in [4.69, 9.17) is 7.57 Å². The second-order valence-corrected chi connectivity index (χ2v) is 5.81. The number of benzene rings is 2. The minimum absolute atomic E-state index is 0.696. The summed E-state index contributed by atoms with van der Waals surface area (Å²) in [6.45, 7) is 4.18. The smallest absolute Gasteiger partial charge is 0.0398 e. The molecule has 0 spiro atoms. The molecule has 3 radical (unpaired) electrons. The third kappa shape index (κ3) is 2.54. The maximum absolute atomic E-state index is 6.28. The largest absolute Gasteiger partial charge is 0.567 e. The zero-order valence-corrected chi connectivity index (χ0v) is 10.5. The van der Waals surface area contributed by atoms with Crippen LogP contribution in [0.5, 0.6) is 0 Å². The lowest BCUT2D eigenvalue weighted by atomic mass is 10.2. The SMILES string of the molecule is [B-]P(c1ccc(C)cc1)c1ccc(C)cc1. The van der Waals surface area contributed by atoms with Crippen molar-refractivity contribution >= 4 is 26.0 Å². The summed E-state index contributed by atoms with van der Waals surface area (Å²) in [5.74, 6) is 0. The molecule has 0 saturated heterocycles. The average molecular weight is 224 g/mol. The summed E-state index contributed by atoms with van der Waals surface area (Å²) in [5, 5.41) is 2.45. The topological polar surface area (TPSA) is 0 Å². The van der Waals surface area contributed by atoms with E-state index < -0.39 is 7.80 Å². The normalized spacial score (nSPS) is 10.8. The molecule has 0 aliphatic carbocycles. The fraction of sp³-hybridized carbons (Fsp3) is 0.143. The molecule has 2 heteroatoms. The molecule has 0 nitrogen and oxygen atoms in total. The van der Waals surface area contributed by atoms with Gasteiger partial charge in [0.2, 0.25) is 0 Å². The summed E-state index contributed by atoms with van der Waals surface area (Å²) < 4.78 is 0. The summed E-state index contributed by atoms with van der Waals surface area (Å²) in [6.07, 6.45) is 0. The third-order valence-electron chi connectivity index (χ3n) is 2.62. The molecule has 0 unspecified atom stereocenters. The summed E-state index contributed by atoms with van der Waals surface area (Å²) in [7, 11) is 5.59. The molecule has 0 atom stereocenters. The zero-order valence-electron chi connectivity index (χ0n) is 9.64. The fourth-order valence-corrected chi connectivity index (χ4v) is 2.80. The van der Waals surface area contributed by atoms with Gasteiger partial charge in [0.1, 0.15) is 0 Å². The Morgan fingerprint density at radius 1 is 0.688 bits per heavy atom. The van der Waals surface area contributed by atoms with Crippen LogP contribution in [0.25, 0.3) is 0 Å². The van der Waals surface area contributed by atoms with Gasteiger partial charge < -0.3 is 15.4 Å². The van der Waals surface area contributed by atoms with Crippen LogP contribution >= 0.6 is 7.80 Å². The van der Waals surface area contributed by atoms with Gasteiger partial charge in [-0.1, -0.05) is 70.3 Å². The van der Waals surface area contributed by atoms with Crippen LogP contribution in [0.3, 0.4) is 0 Å². The molecule has 2 aromatic rings. The van der Waals surface area contributed by atoms with Gasteiger partial charge in [0.25, 0.3) is 0 Å². The van der Waals surface area contributed by atoms with Gasteiger partial charge in [0, 0.05) is 0 Å². The van der Waals surface area contributed by atoms with Crippen molar-refractivity contribution in [3.05, 3.63) is 59.7 Å². The van der Waals surface area contributed by atoms with Crippen molar-refractivity contribution in [1.82, 2.24) is 0 Å². The lowest BCUT2D eigenvalue weighted by Gasteiger charge is -2.28. The summed E-state index contributed by atoms with van der Waals surface area (Å²) in [5.41, 5.74) is 2.55. The maximum Gasteiger partial charge on any atom is -0.0398 e. The summed E-state index contributed by atoms with van der Waals surface area (Å²) in [6, 6.07) is 17.0. The van der Waals surface area contributed by atoms with Crippen LogP contribution in [0, 0.1) is 13.8 Å². The first-order valence-corrected chi connectivity index (χ1v) is 6.76. The second-order valence-electron chi connectivity index (χ2n) is 4.04. The third-order valence-corrected chi connectivity index (χ3v) is 4.33. The molecule has 0 aliphatic rings. The molecule has 0 amide bonds. The van der Waals surface area contributed by atoms with Crippen molar-refractivity contribution < 1.29 is 0 Å². The van der Waals surface area contributed by atoms with Crippen LogP contribution < -0.4 is 10.6 Å². The van der Waals surface area contributed by atoms with E-state index in [0.717, 1.165) is 0 Å². The van der Waals surface area contributed by atoms with Crippen molar-refractivity contribution in [2.45, 2.75) is 13.8 Å². The lowest BCUT2D eigenvalue weighted by molar-refractivity contribution is 1.49. The van der Waals surface area contributed by atoms with Crippen LogP contribution in [0.15, 0.2) is 48.5 Å². The molecule has 0 bridgehead atoms. The molecule has 0 heterocycles. The molecule has 2 aromatic carbocycles. The van der Waals surface area contributed by atoms with Crippen LogP contribution in [-0.2, 0) is 0 Å². The molecular weight excluding hydrogens is 210 g/mol. The molecule has 2 rings (SSSR count). The Kier molecular flexibility index (Phi) is 3.46. The monoisotopic (exact) mass is 224 g/mol. The Balaban J connectivity index is 2.28. The summed E-state index contributed by atoms with van der Waals surface area (Å²) in [4.78, 5) is 0. The first-order chi connectivity index (χ1) is 7.66. The summed E-state index contributed by atoms with van der Waals surface area (Å²) >= 11 is 0. The highest BCUT2D eigenvalue weighted by molar-refractivity contribution is 7.94. The molecule has 0 N–H and O–H groups in total. The van der Waals surface area contributed by atoms with Gasteiger partial charge in [-0.3, -0.25) is 0 Å². The Bertz CT molecular complexity index is 414. The first kappa shape index (κ1) is 11.4. The lowest BCUT2D eigenvalue weighted by Crippen LogP contribution is -2.11. The number of rotatable bonds is 2. The number of hydrogen-bond donors (Lipinski definition) is 0. The highest BCUT2D eigenvalue weighted by Gasteiger charge is 1.96. The van der Waals surface area contributed by atoms with Gasteiger partial charge in [-0.2, -0.15) is 0 Å². The quantitative estimate of drug-likeness (QED) is 0.543. The van der Waals surface area contributed by atoms with E-state index in [-0.39, 0.29) is 0 Å². The Labute approximate surface area is 99.8 Å². The van der Waals surface area contributed by atoms with Crippen molar-refractivity contribution in [2.75, 3.05) is 0 Å². The minimum Gasteiger partial charge on any atom is -0.567 e. The standard InChI is InChI=1S/C14H14BP/c1-11-3-7-13(8-4-11)16(15)14-9-5-12(2)6-10-14/h3-10H,1-2H3/q-1. The highest BCUT2D eigenvalue weighted by atomic mass is 31.1. The Morgan fingerprint density at radius 3 is 1.31 bits per heavy atom. The van der Waals surface area contributed by atoms with Gasteiger partial charge in [-0.25, -0.2) is 0 Å². The van der Waals surface area contributed by atoms with Gasteiger partial charge in [-0.05, 0) is 13.8 Å². The molecule has 0 aromatic heterocycles. The second kappa shape index (κ2) is 4.85. The van der Waals surface area contributed by atoms with Gasteiger partial charge >= 0.3 is 0 Å². The van der Waals surface area contributed by atoms with E-state index >= 15 is 0 Å². The van der Waals surface area contributed by atoms with E-state index in [1.165, 1.54) is 21.7 Å². The number of aryl methyl sites for hydroxylation is 2. The van der Waals surface area contributed by atoms with Crippen molar-refractivity contribution in [3.63, 3.8) is 0 Å². The van der Waals surface area contributed by atoms with Crippen molar-refractivity contribution in [2.24, 2.45) is 0 Å². The van der Waals surface area contributed by atoms with Crippen LogP contribution in [0.1, 0.15) is 11.1 Å². The van der Waals surface area contributed by atoms with Gasteiger partial charge in [0.05, 0.1) is 0 Å². The first-order valence-electron chi connectivity index (χ1n) is 5.35. The highest BCUT2D eigenvalue weighted by Crippen LogP contribution is 2.27. The van der Waals surface area contributed by atoms with E-state index in [1.54, 1.807) is 0 Å². The molecular formula is C14H14BP-. The van der Waals surface area contributed by atoms with E-state index in [0.29, 0.717) is 0 Å². The minimum atomic E-state index is -0.696. The van der Waals surface area contributed by atoms with Gasteiger partial charge in [-0.15, -0.1) is 0 Å². The van der Waals surface area contributed by atoms with Crippen LogP contribution in [0.4, 0.5) is 0 Å². The molecule has 79 valence electrons. The molecule has 0 saturated carbocycles. The molecule has 16 heavy (non-hydrogen) atoms. The molecule has 0 aliphatic heterocycles. The van der Waals surface area contributed by atoms with Crippen LogP contribution in [0.2, 0.25) is 0 Å². The van der Waals surface area contributed by atoms with Crippen molar-refractivity contribution in [3.8, 4) is 0 Å². The maximum atomic E-state index is 6.28. The van der Waals surface area contributed by atoms with E-state index in [2.05, 4.69) is 62.4 Å². The van der Waals surface area contributed by atoms with Crippen molar-refractivity contribution in [1.29, 1.82) is 0 Å². The predicted octanol–water partition coefficient (Wildman–Crippen LogP) is 2.82. The van der Waals surface area contributed by atoms with Crippen LogP contribution in [-0.4, -0.2) is 7.57 Å². The Morgan fingerprint density at radius 2 is 1.00 bits per heavy atom. The van der Waals surface area contributed by atoms with E-state index in [1.807, 2.05) is 0 Å². The average Bonchev–Trinajstić information content (AvgIpc) is 2.30. The zero-order chi connectivity index (χ0) is 11.5. The number of hydrogen-bond acceptors (Lipinski definition) is 0. The fourth-order valence-electron chi connectivity index (χ4n) is 1.56. The molecule has 0 fully saturated rings.